The molecule has 48 heavy (non-hydrogen) atoms. The number of benzene rings is 6. The molecule has 0 amide bonds. The summed E-state index contributed by atoms with van der Waals surface area (Å²) in [4.78, 5) is 9.42. The van der Waals surface area contributed by atoms with E-state index in [0.717, 1.165) is 44.5 Å². The lowest BCUT2D eigenvalue weighted by atomic mass is 9.67. The normalized spacial score (nSPS) is 12.9. The Morgan fingerprint density at radius 2 is 1.15 bits per heavy atom. The number of aliphatic hydroxyl groups excluding tert-OH is 1. The van der Waals surface area contributed by atoms with Gasteiger partial charge >= 0.3 is 0 Å². The minimum atomic E-state index is -0.473. The van der Waals surface area contributed by atoms with Crippen LogP contribution < -0.4 is 0 Å². The van der Waals surface area contributed by atoms with Gasteiger partial charge in [-0.25, -0.2) is 4.98 Å². The maximum Gasteiger partial charge on any atom is 0.227 e. The number of aliphatic hydroxyl groups is 1. The van der Waals surface area contributed by atoms with E-state index in [4.69, 9.17) is 14.4 Å². The number of rotatable bonds is 6. The van der Waals surface area contributed by atoms with E-state index in [9.17, 15) is 5.11 Å². The largest absolute Gasteiger partial charge is 0.436 e. The fraction of sp³-hybridized carbons (Fsp3) is 0.0455. The third-order valence-electron chi connectivity index (χ3n) is 9.58. The van der Waals surface area contributed by atoms with Gasteiger partial charge in [-0.05, 0) is 92.5 Å². The molecular formula is C44H30N2O2. The van der Waals surface area contributed by atoms with Crippen molar-refractivity contribution in [3.8, 4) is 44.8 Å². The molecule has 2 aromatic heterocycles. The molecule has 0 spiro atoms. The van der Waals surface area contributed by atoms with Crippen molar-refractivity contribution in [2.45, 2.75) is 12.0 Å². The first-order valence-electron chi connectivity index (χ1n) is 16.1. The standard InChI is InChI=1S/C44H30N2O2/c47-28-29-21-31(23-32(22-29)43-46-41-17-9-10-18-42(41)48-43)34-24-33(26-45-27-34)30-19-20-38-37-15-7-8-16-39(37)44(40(38)25-30,35-11-3-1-4-12-35)36-13-5-2-6-14-36/h1-27,47H,28H2. The van der Waals surface area contributed by atoms with Crippen molar-refractivity contribution >= 4 is 11.1 Å². The fourth-order valence-corrected chi connectivity index (χ4v) is 7.45. The predicted octanol–water partition coefficient (Wildman–Crippen LogP) is 10.1. The third-order valence-corrected chi connectivity index (χ3v) is 9.58. The maximum atomic E-state index is 10.2. The van der Waals surface area contributed by atoms with Gasteiger partial charge in [0.15, 0.2) is 5.58 Å². The SMILES string of the molecule is OCc1cc(-c2cncc(-c3ccc4c(c3)C(c3ccccc3)(c3ccccc3)c3ccccc3-4)c2)cc(-c2nc3ccccc3o2)c1. The maximum absolute atomic E-state index is 10.2. The summed E-state index contributed by atoms with van der Waals surface area (Å²) in [7, 11) is 0. The van der Waals surface area contributed by atoms with Gasteiger partial charge in [-0.1, -0.05) is 109 Å². The van der Waals surface area contributed by atoms with Gasteiger partial charge in [0.1, 0.15) is 5.52 Å². The Kier molecular flexibility index (Phi) is 6.63. The summed E-state index contributed by atoms with van der Waals surface area (Å²) in [5.41, 5.74) is 14.1. The molecule has 0 bridgehead atoms. The molecular weight excluding hydrogens is 588 g/mol. The Hall–Kier alpha value is -6.10. The molecule has 0 atom stereocenters. The van der Waals surface area contributed by atoms with Crippen molar-refractivity contribution in [1.29, 1.82) is 0 Å². The highest BCUT2D eigenvalue weighted by atomic mass is 16.3. The van der Waals surface area contributed by atoms with Gasteiger partial charge in [0.2, 0.25) is 5.89 Å². The van der Waals surface area contributed by atoms with Crippen LogP contribution in [0.15, 0.2) is 168 Å². The molecule has 8 aromatic rings. The molecule has 0 fully saturated rings. The number of aromatic nitrogens is 2. The summed E-state index contributed by atoms with van der Waals surface area (Å²) < 4.78 is 6.09. The van der Waals surface area contributed by atoms with Crippen LogP contribution in [0.4, 0.5) is 0 Å². The van der Waals surface area contributed by atoms with Crippen LogP contribution in [-0.2, 0) is 12.0 Å². The molecule has 0 aliphatic heterocycles. The topological polar surface area (TPSA) is 59.2 Å². The van der Waals surface area contributed by atoms with Gasteiger partial charge in [-0.15, -0.1) is 0 Å². The number of hydrogen-bond donors (Lipinski definition) is 1. The van der Waals surface area contributed by atoms with Crippen molar-refractivity contribution < 1.29 is 9.52 Å². The van der Waals surface area contributed by atoms with E-state index < -0.39 is 5.41 Å². The molecule has 4 heteroatoms. The number of oxazole rings is 1. The molecule has 1 N–H and O–H groups in total. The first kappa shape index (κ1) is 28.1. The van der Waals surface area contributed by atoms with Gasteiger partial charge in [0, 0.05) is 29.1 Å². The van der Waals surface area contributed by atoms with Crippen LogP contribution in [0.3, 0.4) is 0 Å². The Bertz CT molecular complexity index is 2370. The van der Waals surface area contributed by atoms with E-state index in [1.54, 1.807) is 0 Å². The zero-order valence-corrected chi connectivity index (χ0v) is 26.0. The molecule has 2 heterocycles. The molecule has 0 saturated heterocycles. The van der Waals surface area contributed by atoms with Gasteiger partial charge in [-0.3, -0.25) is 4.98 Å². The molecule has 0 unspecified atom stereocenters. The number of para-hydroxylation sites is 2. The summed E-state index contributed by atoms with van der Waals surface area (Å²) in [5.74, 6) is 0.521. The number of nitrogens with zero attached hydrogens (tertiary/aromatic N) is 2. The number of fused-ring (bicyclic) bond motifs is 4. The summed E-state index contributed by atoms with van der Waals surface area (Å²) in [6.45, 7) is -0.0966. The average Bonchev–Trinajstić information content (AvgIpc) is 3.73. The monoisotopic (exact) mass is 618 g/mol. The average molecular weight is 619 g/mol. The first-order valence-corrected chi connectivity index (χ1v) is 16.1. The van der Waals surface area contributed by atoms with Crippen molar-refractivity contribution in [2.24, 2.45) is 0 Å². The molecule has 0 radical (unpaired) electrons. The van der Waals surface area contributed by atoms with Crippen LogP contribution in [0.5, 0.6) is 0 Å². The molecule has 6 aromatic carbocycles. The smallest absolute Gasteiger partial charge is 0.227 e. The van der Waals surface area contributed by atoms with Crippen molar-refractivity contribution in [3.05, 3.63) is 192 Å². The van der Waals surface area contributed by atoms with E-state index in [1.165, 1.54) is 33.4 Å². The van der Waals surface area contributed by atoms with Crippen LogP contribution >= 0.6 is 0 Å². The van der Waals surface area contributed by atoms with Crippen molar-refractivity contribution in [2.75, 3.05) is 0 Å². The molecule has 1 aliphatic rings. The van der Waals surface area contributed by atoms with Gasteiger partial charge in [-0.2, -0.15) is 0 Å². The zero-order chi connectivity index (χ0) is 32.1. The first-order chi connectivity index (χ1) is 23.7. The second-order valence-corrected chi connectivity index (χ2v) is 12.3. The van der Waals surface area contributed by atoms with E-state index in [0.29, 0.717) is 5.89 Å². The fourth-order valence-electron chi connectivity index (χ4n) is 7.45. The minimum Gasteiger partial charge on any atom is -0.436 e. The van der Waals surface area contributed by atoms with Crippen LogP contribution in [0.25, 0.3) is 55.9 Å². The molecule has 4 nitrogen and oxygen atoms in total. The molecule has 0 saturated carbocycles. The lowest BCUT2D eigenvalue weighted by Gasteiger charge is -2.34. The quantitative estimate of drug-likeness (QED) is 0.201. The van der Waals surface area contributed by atoms with Crippen LogP contribution in [0, 0.1) is 0 Å². The van der Waals surface area contributed by atoms with E-state index in [-0.39, 0.29) is 6.61 Å². The van der Waals surface area contributed by atoms with E-state index >= 15 is 0 Å². The molecule has 228 valence electrons. The van der Waals surface area contributed by atoms with E-state index in [1.807, 2.05) is 48.8 Å². The summed E-state index contributed by atoms with van der Waals surface area (Å²) in [6, 6.07) is 53.2. The van der Waals surface area contributed by atoms with Crippen LogP contribution in [0.1, 0.15) is 27.8 Å². The molecule has 1 aliphatic carbocycles. The van der Waals surface area contributed by atoms with Crippen LogP contribution in [-0.4, -0.2) is 15.1 Å². The summed E-state index contributed by atoms with van der Waals surface area (Å²) in [6.07, 6.45) is 3.80. The van der Waals surface area contributed by atoms with Gasteiger partial charge < -0.3 is 9.52 Å². The highest BCUT2D eigenvalue weighted by molar-refractivity contribution is 5.89. The zero-order valence-electron chi connectivity index (χ0n) is 26.0. The predicted molar refractivity (Wildman–Crippen MR) is 191 cm³/mol. The van der Waals surface area contributed by atoms with Crippen molar-refractivity contribution in [3.63, 3.8) is 0 Å². The number of hydrogen-bond acceptors (Lipinski definition) is 4. The Morgan fingerprint density at radius 3 is 1.90 bits per heavy atom. The van der Waals surface area contributed by atoms with Gasteiger partial charge in [0.05, 0.1) is 12.0 Å². The Balaban J connectivity index is 1.20. The second-order valence-electron chi connectivity index (χ2n) is 12.3. The highest BCUT2D eigenvalue weighted by Crippen LogP contribution is 2.56. The molecule has 9 rings (SSSR count). The summed E-state index contributed by atoms with van der Waals surface area (Å²) >= 11 is 0. The Labute approximate surface area is 278 Å². The minimum absolute atomic E-state index is 0.0966. The third kappa shape index (κ3) is 4.42. The van der Waals surface area contributed by atoms with Gasteiger partial charge in [0.25, 0.3) is 0 Å². The van der Waals surface area contributed by atoms with Crippen LogP contribution in [0.2, 0.25) is 0 Å². The Morgan fingerprint density at radius 1 is 0.521 bits per heavy atom. The number of pyridine rings is 1. The summed E-state index contributed by atoms with van der Waals surface area (Å²) in [5, 5.41) is 10.2. The lowest BCUT2D eigenvalue weighted by Crippen LogP contribution is -2.28. The highest BCUT2D eigenvalue weighted by Gasteiger charge is 2.46. The lowest BCUT2D eigenvalue weighted by molar-refractivity contribution is 0.282. The second kappa shape index (κ2) is 11.3. The van der Waals surface area contributed by atoms with E-state index in [2.05, 4.69) is 115 Å². The van der Waals surface area contributed by atoms with Crippen molar-refractivity contribution in [1.82, 2.24) is 9.97 Å².